The van der Waals surface area contributed by atoms with Crippen LogP contribution in [0.5, 0.6) is 0 Å². The number of rotatable bonds is 8. The van der Waals surface area contributed by atoms with Crippen LogP contribution in [-0.4, -0.2) is 64.9 Å². The number of nitrogens with zero attached hydrogens (tertiary/aromatic N) is 4. The Morgan fingerprint density at radius 3 is 2.52 bits per heavy atom. The highest BCUT2D eigenvalue weighted by atomic mass is 32.2. The average molecular weight is 458 g/mol. The van der Waals surface area contributed by atoms with Crippen LogP contribution in [0.2, 0.25) is 0 Å². The Balaban J connectivity index is 1.65. The molecule has 7 nitrogen and oxygen atoms in total. The van der Waals surface area contributed by atoms with E-state index in [1.54, 1.807) is 11.8 Å². The maximum absolute atomic E-state index is 13.2. The summed E-state index contributed by atoms with van der Waals surface area (Å²) in [6.45, 7) is 4.58. The number of thioether (sulfide) groups is 1. The lowest BCUT2D eigenvalue weighted by Crippen LogP contribution is -2.38. The molecule has 11 heteroatoms. The van der Waals surface area contributed by atoms with Crippen LogP contribution >= 0.6 is 11.8 Å². The van der Waals surface area contributed by atoms with Gasteiger partial charge in [-0.2, -0.15) is 13.2 Å². The molecule has 2 atom stereocenters. The monoisotopic (exact) mass is 457 g/mol. The molecule has 31 heavy (non-hydrogen) atoms. The van der Waals surface area contributed by atoms with E-state index in [1.807, 2.05) is 37.3 Å². The summed E-state index contributed by atoms with van der Waals surface area (Å²) in [6.07, 6.45) is -4.44. The molecule has 0 saturated carbocycles. The Morgan fingerprint density at radius 2 is 1.87 bits per heavy atom. The molecule has 1 aromatic carbocycles. The maximum atomic E-state index is 13.2. The molecule has 1 fully saturated rings. The van der Waals surface area contributed by atoms with Gasteiger partial charge in [0, 0.05) is 19.6 Å². The summed E-state index contributed by atoms with van der Waals surface area (Å²) in [5.41, 5.74) is 1.10. The van der Waals surface area contributed by atoms with Gasteiger partial charge in [0.2, 0.25) is 11.9 Å². The van der Waals surface area contributed by atoms with E-state index in [1.165, 1.54) is 0 Å². The van der Waals surface area contributed by atoms with Gasteiger partial charge in [-0.25, -0.2) is 0 Å². The third kappa shape index (κ3) is 6.60. The molecule has 2 heterocycles. The number of morpholine rings is 1. The van der Waals surface area contributed by atoms with Crippen LogP contribution in [0.3, 0.4) is 0 Å². The minimum Gasteiger partial charge on any atom is -0.378 e. The molecule has 0 bridgehead atoms. The van der Waals surface area contributed by atoms with Crippen molar-refractivity contribution in [2.45, 2.75) is 42.9 Å². The molecule has 3 rings (SSSR count). The van der Waals surface area contributed by atoms with Crippen LogP contribution in [-0.2, 0) is 16.1 Å². The first kappa shape index (κ1) is 23.4. The smallest absolute Gasteiger partial charge is 0.378 e. The van der Waals surface area contributed by atoms with Gasteiger partial charge < -0.3 is 15.0 Å². The third-order valence-electron chi connectivity index (χ3n) is 4.93. The Kier molecular flexibility index (Phi) is 7.82. The molecule has 170 valence electrons. The summed E-state index contributed by atoms with van der Waals surface area (Å²) in [6, 6.07) is 9.77. The van der Waals surface area contributed by atoms with E-state index < -0.39 is 18.0 Å². The van der Waals surface area contributed by atoms with Gasteiger partial charge in [-0.05, 0) is 18.4 Å². The van der Waals surface area contributed by atoms with Gasteiger partial charge >= 0.3 is 6.18 Å². The molecule has 1 N–H and O–H groups in total. The average Bonchev–Trinajstić information content (AvgIpc) is 3.13. The standard InChI is InChI=1S/C20H26F3N5O2S/c1-14(16-6-4-3-5-7-16)12-24-17(29)15(2)31-19-26-25-18(27-8-10-30-11-9-27)28(19)13-20(21,22)23/h3-7,14-15H,8-13H2,1-2H3,(H,24,29). The highest BCUT2D eigenvalue weighted by Gasteiger charge is 2.33. The van der Waals surface area contributed by atoms with Crippen molar-refractivity contribution < 1.29 is 22.7 Å². The summed E-state index contributed by atoms with van der Waals surface area (Å²) in [4.78, 5) is 14.3. The minimum absolute atomic E-state index is 0.0672. The second-order valence-corrected chi connectivity index (χ2v) is 8.71. The molecule has 0 radical (unpaired) electrons. The number of halogens is 3. The van der Waals surface area contributed by atoms with Crippen molar-refractivity contribution in [2.75, 3.05) is 37.7 Å². The Bertz CT molecular complexity index is 856. The van der Waals surface area contributed by atoms with Crippen LogP contribution in [0.25, 0.3) is 0 Å². The van der Waals surface area contributed by atoms with Crippen molar-refractivity contribution in [1.82, 2.24) is 20.1 Å². The first-order valence-corrected chi connectivity index (χ1v) is 10.9. The lowest BCUT2D eigenvalue weighted by molar-refractivity contribution is -0.141. The van der Waals surface area contributed by atoms with Gasteiger partial charge in [-0.15, -0.1) is 10.2 Å². The van der Waals surface area contributed by atoms with E-state index >= 15 is 0 Å². The highest BCUT2D eigenvalue weighted by Crippen LogP contribution is 2.30. The van der Waals surface area contributed by atoms with Gasteiger partial charge in [0.25, 0.3) is 0 Å². The van der Waals surface area contributed by atoms with E-state index in [4.69, 9.17) is 4.74 Å². The zero-order chi connectivity index (χ0) is 22.4. The number of hydrogen-bond donors (Lipinski definition) is 1. The fourth-order valence-electron chi connectivity index (χ4n) is 3.19. The molecule has 1 aliphatic rings. The van der Waals surface area contributed by atoms with Crippen LogP contribution < -0.4 is 10.2 Å². The molecule has 1 saturated heterocycles. The number of alkyl halides is 3. The van der Waals surface area contributed by atoms with Gasteiger partial charge in [0.1, 0.15) is 6.54 Å². The summed E-state index contributed by atoms with van der Waals surface area (Å²) in [5.74, 6) is -0.000138. The molecule has 0 spiro atoms. The summed E-state index contributed by atoms with van der Waals surface area (Å²) >= 11 is 0.971. The second kappa shape index (κ2) is 10.4. The second-order valence-electron chi connectivity index (χ2n) is 7.40. The molecule has 1 aromatic heterocycles. The van der Waals surface area contributed by atoms with Crippen LogP contribution in [0.15, 0.2) is 35.5 Å². The minimum atomic E-state index is -4.44. The Morgan fingerprint density at radius 1 is 1.19 bits per heavy atom. The number of carbonyl (C=O) groups is 1. The molecule has 2 unspecified atom stereocenters. The van der Waals surface area contributed by atoms with E-state index in [0.717, 1.165) is 21.9 Å². The summed E-state index contributed by atoms with van der Waals surface area (Å²) in [7, 11) is 0. The number of ether oxygens (including phenoxy) is 1. The van der Waals surface area contributed by atoms with Crippen molar-refractivity contribution in [3.8, 4) is 0 Å². The first-order chi connectivity index (χ1) is 14.7. The number of aromatic nitrogens is 3. The van der Waals surface area contributed by atoms with Gasteiger partial charge in [-0.3, -0.25) is 9.36 Å². The lowest BCUT2D eigenvalue weighted by atomic mass is 10.0. The zero-order valence-electron chi connectivity index (χ0n) is 17.4. The van der Waals surface area contributed by atoms with Gasteiger partial charge in [0.05, 0.1) is 18.5 Å². The van der Waals surface area contributed by atoms with Crippen molar-refractivity contribution in [3.05, 3.63) is 35.9 Å². The topological polar surface area (TPSA) is 72.3 Å². The van der Waals surface area contributed by atoms with E-state index in [2.05, 4.69) is 15.5 Å². The van der Waals surface area contributed by atoms with E-state index in [0.29, 0.717) is 32.8 Å². The molecular weight excluding hydrogens is 431 g/mol. The maximum Gasteiger partial charge on any atom is 0.406 e. The number of amides is 1. The summed E-state index contributed by atoms with van der Waals surface area (Å²) < 4.78 is 45.9. The lowest BCUT2D eigenvalue weighted by Gasteiger charge is -2.28. The van der Waals surface area contributed by atoms with Crippen LogP contribution in [0.1, 0.15) is 25.3 Å². The number of benzene rings is 1. The SMILES string of the molecule is CC(Sc1nnc(N2CCOCC2)n1CC(F)(F)F)C(=O)NCC(C)c1ccccc1. The Hall–Kier alpha value is -2.27. The van der Waals surface area contributed by atoms with Crippen LogP contribution in [0.4, 0.5) is 19.1 Å². The fourth-order valence-corrected chi connectivity index (χ4v) is 4.06. The number of nitrogens with one attached hydrogen (secondary N) is 1. The summed E-state index contributed by atoms with van der Waals surface area (Å²) in [5, 5.41) is 10.2. The van der Waals surface area contributed by atoms with E-state index in [9.17, 15) is 18.0 Å². The molecule has 0 aliphatic carbocycles. The number of hydrogen-bond acceptors (Lipinski definition) is 6. The van der Waals surface area contributed by atoms with Gasteiger partial charge in [-0.1, -0.05) is 49.0 Å². The van der Waals surface area contributed by atoms with Crippen molar-refractivity contribution in [2.24, 2.45) is 0 Å². The number of carbonyl (C=O) groups excluding carboxylic acids is 1. The molecule has 1 amide bonds. The Labute approximate surface area is 183 Å². The van der Waals surface area contributed by atoms with Crippen molar-refractivity contribution >= 4 is 23.6 Å². The quantitative estimate of drug-likeness (QED) is 0.615. The predicted octanol–water partition coefficient (Wildman–Crippen LogP) is 3.08. The molecule has 1 aliphatic heterocycles. The highest BCUT2D eigenvalue weighted by molar-refractivity contribution is 8.00. The predicted molar refractivity (Wildman–Crippen MR) is 112 cm³/mol. The van der Waals surface area contributed by atoms with Crippen molar-refractivity contribution in [3.63, 3.8) is 0 Å². The van der Waals surface area contributed by atoms with Crippen molar-refractivity contribution in [1.29, 1.82) is 0 Å². The molecular formula is C20H26F3N5O2S. The number of anilines is 1. The zero-order valence-corrected chi connectivity index (χ0v) is 18.2. The van der Waals surface area contributed by atoms with E-state index in [-0.39, 0.29) is 22.9 Å². The van der Waals surface area contributed by atoms with Gasteiger partial charge in [0.15, 0.2) is 5.16 Å². The molecule has 2 aromatic rings. The van der Waals surface area contributed by atoms with Crippen LogP contribution in [0, 0.1) is 0 Å². The largest absolute Gasteiger partial charge is 0.406 e. The first-order valence-electron chi connectivity index (χ1n) is 10.1. The third-order valence-corrected chi connectivity index (χ3v) is 6.01. The fraction of sp³-hybridized carbons (Fsp3) is 0.550. The normalized spacial score (nSPS) is 16.7.